The van der Waals surface area contributed by atoms with E-state index in [0.29, 0.717) is 13.1 Å². The lowest BCUT2D eigenvalue weighted by molar-refractivity contribution is -0.127. The quantitative estimate of drug-likeness (QED) is 0.884. The third-order valence-corrected chi connectivity index (χ3v) is 2.96. The van der Waals surface area contributed by atoms with Gasteiger partial charge in [0, 0.05) is 18.7 Å². The van der Waals surface area contributed by atoms with Crippen LogP contribution in [0.4, 0.5) is 8.78 Å². The number of nitrogens with one attached hydrogen (secondary N) is 2. The number of hydrogen-bond acceptors (Lipinski definition) is 2. The lowest BCUT2D eigenvalue weighted by atomic mass is 10.0. The van der Waals surface area contributed by atoms with Gasteiger partial charge in [-0.15, -0.1) is 12.4 Å². The minimum Gasteiger partial charge on any atom is -0.349 e. The van der Waals surface area contributed by atoms with Crippen LogP contribution in [0, 0.1) is 17.6 Å². The van der Waals surface area contributed by atoms with Crippen LogP contribution < -0.4 is 10.6 Å². The molecule has 1 saturated heterocycles. The van der Waals surface area contributed by atoms with Crippen LogP contribution in [0.5, 0.6) is 0 Å². The molecule has 0 aromatic heterocycles. The maximum absolute atomic E-state index is 13.5. The molecule has 1 unspecified atom stereocenters. The second kappa shape index (κ2) is 6.11. The van der Waals surface area contributed by atoms with Gasteiger partial charge in [0.2, 0.25) is 5.91 Å². The van der Waals surface area contributed by atoms with E-state index in [0.717, 1.165) is 6.07 Å². The summed E-state index contributed by atoms with van der Waals surface area (Å²) >= 11 is 0. The monoisotopic (exact) mass is 276 g/mol. The second-order valence-corrected chi connectivity index (χ2v) is 4.23. The average molecular weight is 277 g/mol. The molecule has 3 nitrogen and oxygen atoms in total. The third-order valence-electron chi connectivity index (χ3n) is 2.96. The molecule has 0 bridgehead atoms. The molecule has 0 radical (unpaired) electrons. The van der Waals surface area contributed by atoms with E-state index in [9.17, 15) is 13.6 Å². The summed E-state index contributed by atoms with van der Waals surface area (Å²) < 4.78 is 26.5. The molecule has 0 aliphatic carbocycles. The Labute approximate surface area is 110 Å². The first-order valence-electron chi connectivity index (χ1n) is 5.54. The van der Waals surface area contributed by atoms with Crippen molar-refractivity contribution in [3.8, 4) is 0 Å². The van der Waals surface area contributed by atoms with E-state index in [1.54, 1.807) is 6.92 Å². The lowest BCUT2D eigenvalue weighted by Crippen LogP contribution is -2.51. The number of amides is 1. The molecular weight excluding hydrogens is 262 g/mol. The molecule has 0 spiro atoms. The third kappa shape index (κ3) is 2.97. The molecule has 0 saturated carbocycles. The van der Waals surface area contributed by atoms with E-state index in [1.807, 2.05) is 0 Å². The summed E-state index contributed by atoms with van der Waals surface area (Å²) in [4.78, 5) is 11.6. The van der Waals surface area contributed by atoms with Crippen molar-refractivity contribution in [1.29, 1.82) is 0 Å². The van der Waals surface area contributed by atoms with E-state index in [1.165, 1.54) is 12.1 Å². The van der Waals surface area contributed by atoms with Crippen LogP contribution in [-0.4, -0.2) is 19.0 Å². The number of benzene rings is 1. The molecule has 1 aromatic rings. The van der Waals surface area contributed by atoms with Crippen molar-refractivity contribution in [3.05, 3.63) is 35.4 Å². The lowest BCUT2D eigenvalue weighted by Gasteiger charge is -2.27. The molecule has 1 fully saturated rings. The first-order chi connectivity index (χ1) is 8.09. The van der Waals surface area contributed by atoms with Crippen LogP contribution in [-0.2, 0) is 4.79 Å². The Bertz CT molecular complexity index is 438. The van der Waals surface area contributed by atoms with E-state index < -0.39 is 17.7 Å². The fraction of sp³-hybridized carbons (Fsp3) is 0.417. The number of rotatable bonds is 3. The van der Waals surface area contributed by atoms with Crippen molar-refractivity contribution in [3.63, 3.8) is 0 Å². The number of carbonyl (C=O) groups excluding carboxylic acids is 1. The molecule has 100 valence electrons. The zero-order valence-electron chi connectivity index (χ0n) is 9.87. The van der Waals surface area contributed by atoms with Crippen molar-refractivity contribution >= 4 is 18.3 Å². The predicted octanol–water partition coefficient (Wildman–Crippen LogP) is 1.78. The Morgan fingerprint density at radius 2 is 2.11 bits per heavy atom. The molecule has 1 heterocycles. The van der Waals surface area contributed by atoms with Gasteiger partial charge in [-0.25, -0.2) is 8.78 Å². The summed E-state index contributed by atoms with van der Waals surface area (Å²) in [5, 5.41) is 5.66. The average Bonchev–Trinajstić information content (AvgIpc) is 2.19. The standard InChI is InChI=1S/C12H14F2N2O.ClH/c1-7(16-12(17)8-5-15-6-8)9-3-2-4-10(13)11(9)14;/h2-4,7-8,15H,5-6H2,1H3,(H,16,17);1H. The van der Waals surface area contributed by atoms with E-state index in [-0.39, 0.29) is 29.8 Å². The molecule has 1 aliphatic rings. The van der Waals surface area contributed by atoms with Crippen molar-refractivity contribution in [2.24, 2.45) is 5.92 Å². The fourth-order valence-corrected chi connectivity index (χ4v) is 1.74. The van der Waals surface area contributed by atoms with E-state index in [2.05, 4.69) is 10.6 Å². The van der Waals surface area contributed by atoms with Crippen molar-refractivity contribution in [1.82, 2.24) is 10.6 Å². The molecular formula is C12H15ClF2N2O. The van der Waals surface area contributed by atoms with Gasteiger partial charge in [-0.1, -0.05) is 12.1 Å². The van der Waals surface area contributed by atoms with Crippen LogP contribution in [0.1, 0.15) is 18.5 Å². The molecule has 1 aliphatic heterocycles. The maximum atomic E-state index is 13.5. The van der Waals surface area contributed by atoms with Crippen molar-refractivity contribution in [2.75, 3.05) is 13.1 Å². The number of hydrogen-bond donors (Lipinski definition) is 2. The Balaban J connectivity index is 0.00000162. The molecule has 2 N–H and O–H groups in total. The summed E-state index contributed by atoms with van der Waals surface area (Å²) in [6, 6.07) is 3.44. The minimum absolute atomic E-state index is 0. The normalized spacial score (nSPS) is 16.4. The van der Waals surface area contributed by atoms with Gasteiger partial charge in [0.15, 0.2) is 11.6 Å². The SMILES string of the molecule is CC(NC(=O)C1CNC1)c1cccc(F)c1F.Cl. The zero-order chi connectivity index (χ0) is 12.4. The summed E-state index contributed by atoms with van der Waals surface area (Å²) in [6.45, 7) is 2.93. The Kier molecular flexibility index (Phi) is 5.04. The predicted molar refractivity (Wildman–Crippen MR) is 66.5 cm³/mol. The van der Waals surface area contributed by atoms with Crippen LogP contribution in [0.25, 0.3) is 0 Å². The van der Waals surface area contributed by atoms with Crippen LogP contribution in [0.15, 0.2) is 18.2 Å². The summed E-state index contributed by atoms with van der Waals surface area (Å²) in [7, 11) is 0. The highest BCUT2D eigenvalue weighted by Gasteiger charge is 2.26. The van der Waals surface area contributed by atoms with Gasteiger partial charge in [0.25, 0.3) is 0 Å². The smallest absolute Gasteiger partial charge is 0.226 e. The van der Waals surface area contributed by atoms with Crippen molar-refractivity contribution in [2.45, 2.75) is 13.0 Å². The molecule has 1 aromatic carbocycles. The van der Waals surface area contributed by atoms with Gasteiger partial charge in [-0.05, 0) is 13.0 Å². The van der Waals surface area contributed by atoms with Crippen LogP contribution >= 0.6 is 12.4 Å². The maximum Gasteiger partial charge on any atom is 0.226 e. The van der Waals surface area contributed by atoms with Gasteiger partial charge in [-0.3, -0.25) is 4.79 Å². The summed E-state index contributed by atoms with van der Waals surface area (Å²) in [5.41, 5.74) is 0.172. The van der Waals surface area contributed by atoms with Gasteiger partial charge in [0.05, 0.1) is 12.0 Å². The molecule has 1 amide bonds. The first kappa shape index (κ1) is 14.9. The zero-order valence-corrected chi connectivity index (χ0v) is 10.7. The van der Waals surface area contributed by atoms with Crippen LogP contribution in [0.3, 0.4) is 0 Å². The topological polar surface area (TPSA) is 41.1 Å². The molecule has 1 atom stereocenters. The highest BCUT2D eigenvalue weighted by atomic mass is 35.5. The first-order valence-corrected chi connectivity index (χ1v) is 5.54. The Morgan fingerprint density at radius 1 is 1.44 bits per heavy atom. The summed E-state index contributed by atoms with van der Waals surface area (Å²) in [6.07, 6.45) is 0. The minimum atomic E-state index is -0.896. The molecule has 6 heteroatoms. The Hall–Kier alpha value is -1.20. The fourth-order valence-electron chi connectivity index (χ4n) is 1.74. The van der Waals surface area contributed by atoms with Gasteiger partial charge in [0.1, 0.15) is 0 Å². The summed E-state index contributed by atoms with van der Waals surface area (Å²) in [5.74, 6) is -1.98. The highest BCUT2D eigenvalue weighted by molar-refractivity contribution is 5.85. The second-order valence-electron chi connectivity index (χ2n) is 4.23. The Morgan fingerprint density at radius 3 is 2.67 bits per heavy atom. The van der Waals surface area contributed by atoms with E-state index >= 15 is 0 Å². The highest BCUT2D eigenvalue weighted by Crippen LogP contribution is 2.19. The number of carbonyl (C=O) groups is 1. The van der Waals surface area contributed by atoms with Crippen molar-refractivity contribution < 1.29 is 13.6 Å². The number of halogens is 3. The van der Waals surface area contributed by atoms with Gasteiger partial charge >= 0.3 is 0 Å². The molecule has 18 heavy (non-hydrogen) atoms. The van der Waals surface area contributed by atoms with E-state index in [4.69, 9.17) is 0 Å². The van der Waals surface area contributed by atoms with Crippen LogP contribution in [0.2, 0.25) is 0 Å². The largest absolute Gasteiger partial charge is 0.349 e. The van der Waals surface area contributed by atoms with Gasteiger partial charge in [-0.2, -0.15) is 0 Å². The molecule has 2 rings (SSSR count). The van der Waals surface area contributed by atoms with Gasteiger partial charge < -0.3 is 10.6 Å².